The summed E-state index contributed by atoms with van der Waals surface area (Å²) < 4.78 is 26.2. The highest BCUT2D eigenvalue weighted by Gasteiger charge is 2.37. The predicted molar refractivity (Wildman–Crippen MR) is 79.3 cm³/mol. The maximum Gasteiger partial charge on any atom is 0.243 e. The number of rotatable bonds is 5. The van der Waals surface area contributed by atoms with Gasteiger partial charge in [0.1, 0.15) is 0 Å². The summed E-state index contributed by atoms with van der Waals surface area (Å²) in [7, 11) is -3.69. The van der Waals surface area contributed by atoms with Crippen molar-refractivity contribution in [1.82, 2.24) is 9.62 Å². The van der Waals surface area contributed by atoms with Crippen molar-refractivity contribution in [2.45, 2.75) is 37.0 Å². The molecule has 7 heteroatoms. The van der Waals surface area contributed by atoms with Gasteiger partial charge >= 0.3 is 0 Å². The minimum absolute atomic E-state index is 0.0555. The molecular formula is C14H22N2O4S. The number of hydrogen-bond donors (Lipinski definition) is 3. The Morgan fingerprint density at radius 3 is 2.52 bits per heavy atom. The van der Waals surface area contributed by atoms with E-state index >= 15 is 0 Å². The molecule has 1 aromatic carbocycles. The standard InChI is InChI=1S/C14H22N2O4S/c1-3-15-10(2)11-5-4-6-12(7-11)21(19,20)16-8-13(17)14(18)9-16/h4-7,10,13-15,17-18H,3,8-9H2,1-2H3. The van der Waals surface area contributed by atoms with Crippen LogP contribution in [0.1, 0.15) is 25.5 Å². The highest BCUT2D eigenvalue weighted by atomic mass is 32.2. The van der Waals surface area contributed by atoms with E-state index in [2.05, 4.69) is 5.32 Å². The van der Waals surface area contributed by atoms with E-state index in [-0.39, 0.29) is 24.0 Å². The van der Waals surface area contributed by atoms with E-state index in [1.807, 2.05) is 19.9 Å². The molecule has 0 spiro atoms. The van der Waals surface area contributed by atoms with Crippen LogP contribution in [-0.2, 0) is 10.0 Å². The number of nitrogens with zero attached hydrogens (tertiary/aromatic N) is 1. The molecule has 0 amide bonds. The lowest BCUT2D eigenvalue weighted by Crippen LogP contribution is -2.30. The van der Waals surface area contributed by atoms with Crippen LogP contribution >= 0.6 is 0 Å². The van der Waals surface area contributed by atoms with E-state index in [9.17, 15) is 18.6 Å². The lowest BCUT2D eigenvalue weighted by molar-refractivity contribution is 0.0572. The van der Waals surface area contributed by atoms with Crippen LogP contribution in [0.15, 0.2) is 29.2 Å². The number of β-amino-alcohol motifs (C(OH)–C–C–N with tert-alkyl or cyclic N) is 2. The van der Waals surface area contributed by atoms with Crippen molar-refractivity contribution < 1.29 is 18.6 Å². The monoisotopic (exact) mass is 314 g/mol. The third-order valence-electron chi connectivity index (χ3n) is 3.73. The average molecular weight is 314 g/mol. The van der Waals surface area contributed by atoms with Gasteiger partial charge in [-0.2, -0.15) is 4.31 Å². The molecule has 118 valence electrons. The van der Waals surface area contributed by atoms with Crippen molar-refractivity contribution in [2.24, 2.45) is 0 Å². The van der Waals surface area contributed by atoms with Gasteiger partial charge in [0.05, 0.1) is 17.1 Å². The van der Waals surface area contributed by atoms with Crippen LogP contribution in [0.5, 0.6) is 0 Å². The maximum absolute atomic E-state index is 12.5. The SMILES string of the molecule is CCNC(C)c1cccc(S(=O)(=O)N2CC(O)C(O)C2)c1. The van der Waals surface area contributed by atoms with Crippen LogP contribution in [0.25, 0.3) is 0 Å². The topological polar surface area (TPSA) is 89.9 Å². The summed E-state index contributed by atoms with van der Waals surface area (Å²) in [6, 6.07) is 6.81. The molecule has 0 saturated carbocycles. The molecule has 0 bridgehead atoms. The van der Waals surface area contributed by atoms with E-state index in [1.165, 1.54) is 6.07 Å². The van der Waals surface area contributed by atoms with Gasteiger partial charge in [-0.25, -0.2) is 8.42 Å². The fourth-order valence-electron chi connectivity index (χ4n) is 2.45. The number of benzene rings is 1. The van der Waals surface area contributed by atoms with Crippen LogP contribution in [0.3, 0.4) is 0 Å². The van der Waals surface area contributed by atoms with E-state index in [0.29, 0.717) is 0 Å². The summed E-state index contributed by atoms with van der Waals surface area (Å²) >= 11 is 0. The first-order valence-electron chi connectivity index (χ1n) is 7.06. The Morgan fingerprint density at radius 2 is 1.95 bits per heavy atom. The molecular weight excluding hydrogens is 292 g/mol. The Morgan fingerprint density at radius 1 is 1.33 bits per heavy atom. The van der Waals surface area contributed by atoms with Gasteiger partial charge in [0.15, 0.2) is 0 Å². The average Bonchev–Trinajstić information content (AvgIpc) is 2.80. The Hall–Kier alpha value is -0.990. The molecule has 0 radical (unpaired) electrons. The zero-order chi connectivity index (χ0) is 15.6. The van der Waals surface area contributed by atoms with Crippen molar-refractivity contribution in [1.29, 1.82) is 0 Å². The molecule has 21 heavy (non-hydrogen) atoms. The number of aliphatic hydroxyl groups is 2. The fraction of sp³-hybridized carbons (Fsp3) is 0.571. The van der Waals surface area contributed by atoms with Gasteiger partial charge in [0.2, 0.25) is 10.0 Å². The molecule has 1 heterocycles. The number of hydrogen-bond acceptors (Lipinski definition) is 5. The minimum Gasteiger partial charge on any atom is -0.389 e. The van der Waals surface area contributed by atoms with Gasteiger partial charge in [-0.15, -0.1) is 0 Å². The van der Waals surface area contributed by atoms with Crippen molar-refractivity contribution >= 4 is 10.0 Å². The van der Waals surface area contributed by atoms with Crippen LogP contribution < -0.4 is 5.32 Å². The Balaban J connectivity index is 2.27. The third kappa shape index (κ3) is 3.44. The van der Waals surface area contributed by atoms with Crippen LogP contribution in [-0.4, -0.2) is 54.8 Å². The van der Waals surface area contributed by atoms with Gasteiger partial charge in [0, 0.05) is 19.1 Å². The molecule has 1 aromatic rings. The zero-order valence-electron chi connectivity index (χ0n) is 12.2. The smallest absolute Gasteiger partial charge is 0.243 e. The van der Waals surface area contributed by atoms with Crippen molar-refractivity contribution in [3.63, 3.8) is 0 Å². The first kappa shape index (κ1) is 16.4. The third-order valence-corrected chi connectivity index (χ3v) is 5.56. The summed E-state index contributed by atoms with van der Waals surface area (Å²) in [5.74, 6) is 0. The molecule has 1 aliphatic heterocycles. The molecule has 1 aliphatic rings. The second-order valence-corrected chi connectivity index (χ2v) is 7.25. The summed E-state index contributed by atoms with van der Waals surface area (Å²) in [5, 5.41) is 22.3. The largest absolute Gasteiger partial charge is 0.389 e. The Kier molecular flexibility index (Phi) is 5.00. The fourth-order valence-corrected chi connectivity index (χ4v) is 3.98. The number of aliphatic hydroxyl groups excluding tert-OH is 2. The summed E-state index contributed by atoms with van der Waals surface area (Å²) in [6.45, 7) is 4.61. The molecule has 0 aromatic heterocycles. The Labute approximate surface area is 125 Å². The van der Waals surface area contributed by atoms with Crippen molar-refractivity contribution in [3.05, 3.63) is 29.8 Å². The predicted octanol–water partition coefficient (Wildman–Crippen LogP) is 0.0832. The first-order valence-corrected chi connectivity index (χ1v) is 8.50. The molecule has 0 aliphatic carbocycles. The van der Waals surface area contributed by atoms with Crippen LogP contribution in [0.4, 0.5) is 0 Å². The zero-order valence-corrected chi connectivity index (χ0v) is 13.0. The van der Waals surface area contributed by atoms with Gasteiger partial charge in [-0.1, -0.05) is 19.1 Å². The second-order valence-electron chi connectivity index (χ2n) is 5.31. The van der Waals surface area contributed by atoms with E-state index in [0.717, 1.165) is 16.4 Å². The highest BCUT2D eigenvalue weighted by Crippen LogP contribution is 2.24. The van der Waals surface area contributed by atoms with Gasteiger partial charge in [0.25, 0.3) is 0 Å². The van der Waals surface area contributed by atoms with E-state index in [1.54, 1.807) is 12.1 Å². The van der Waals surface area contributed by atoms with E-state index in [4.69, 9.17) is 0 Å². The van der Waals surface area contributed by atoms with Crippen LogP contribution in [0, 0.1) is 0 Å². The van der Waals surface area contributed by atoms with Gasteiger partial charge in [-0.05, 0) is 31.2 Å². The molecule has 3 atom stereocenters. The van der Waals surface area contributed by atoms with Crippen LogP contribution in [0.2, 0.25) is 0 Å². The van der Waals surface area contributed by atoms with Crippen molar-refractivity contribution in [2.75, 3.05) is 19.6 Å². The number of sulfonamides is 1. The van der Waals surface area contributed by atoms with Gasteiger partial charge in [-0.3, -0.25) is 0 Å². The van der Waals surface area contributed by atoms with E-state index < -0.39 is 22.2 Å². The van der Waals surface area contributed by atoms with Gasteiger partial charge < -0.3 is 15.5 Å². The molecule has 2 rings (SSSR count). The second kappa shape index (κ2) is 6.41. The number of nitrogens with one attached hydrogen (secondary N) is 1. The molecule has 3 N–H and O–H groups in total. The first-order chi connectivity index (χ1) is 9.86. The Bertz CT molecular complexity index is 580. The maximum atomic E-state index is 12.5. The normalized spacial score (nSPS) is 25.1. The summed E-state index contributed by atoms with van der Waals surface area (Å²) in [4.78, 5) is 0.186. The molecule has 6 nitrogen and oxygen atoms in total. The lowest BCUT2D eigenvalue weighted by Gasteiger charge is -2.18. The van der Waals surface area contributed by atoms with Crippen molar-refractivity contribution in [3.8, 4) is 0 Å². The quantitative estimate of drug-likeness (QED) is 0.716. The summed E-state index contributed by atoms with van der Waals surface area (Å²) in [6.07, 6.45) is -2.05. The summed E-state index contributed by atoms with van der Waals surface area (Å²) in [5.41, 5.74) is 0.887. The minimum atomic E-state index is -3.69. The molecule has 1 saturated heterocycles. The molecule has 1 fully saturated rings. The highest BCUT2D eigenvalue weighted by molar-refractivity contribution is 7.89. The lowest BCUT2D eigenvalue weighted by atomic mass is 10.1. The molecule has 3 unspecified atom stereocenters.